The largest absolute Gasteiger partial charge is 0.395 e. The monoisotopic (exact) mass is 180 g/mol. The van der Waals surface area contributed by atoms with Crippen molar-refractivity contribution in [2.75, 3.05) is 13.2 Å². The van der Waals surface area contributed by atoms with Crippen LogP contribution in [0.2, 0.25) is 0 Å². The first-order chi connectivity index (χ1) is 6.24. The molecule has 1 heterocycles. The fourth-order valence-corrected chi connectivity index (χ4v) is 1.20. The summed E-state index contributed by atoms with van der Waals surface area (Å²) in [5.74, 6) is 0. The summed E-state index contributed by atoms with van der Waals surface area (Å²) < 4.78 is 0. The Hall–Kier alpha value is -0.930. The molecule has 3 nitrogen and oxygen atoms in total. The lowest BCUT2D eigenvalue weighted by molar-refractivity contribution is 0.292. The third-order valence-corrected chi connectivity index (χ3v) is 1.94. The topological polar surface area (TPSA) is 45.1 Å². The molecule has 0 aliphatic heterocycles. The molecule has 72 valence electrons. The fourth-order valence-electron chi connectivity index (χ4n) is 1.20. The van der Waals surface area contributed by atoms with E-state index in [1.165, 1.54) is 5.56 Å². The summed E-state index contributed by atoms with van der Waals surface area (Å²) in [7, 11) is 0. The van der Waals surface area contributed by atoms with E-state index in [4.69, 9.17) is 5.11 Å². The molecule has 13 heavy (non-hydrogen) atoms. The summed E-state index contributed by atoms with van der Waals surface area (Å²) in [4.78, 5) is 4.35. The van der Waals surface area contributed by atoms with Crippen molar-refractivity contribution in [2.45, 2.75) is 20.4 Å². The van der Waals surface area contributed by atoms with Crippen molar-refractivity contribution in [3.05, 3.63) is 29.1 Å². The molecule has 0 saturated carbocycles. The van der Waals surface area contributed by atoms with Crippen molar-refractivity contribution in [3.63, 3.8) is 0 Å². The molecule has 1 aromatic heterocycles. The highest BCUT2D eigenvalue weighted by atomic mass is 16.3. The lowest BCUT2D eigenvalue weighted by Crippen LogP contribution is -2.18. The van der Waals surface area contributed by atoms with Crippen molar-refractivity contribution in [1.29, 1.82) is 0 Å². The lowest BCUT2D eigenvalue weighted by Gasteiger charge is -2.06. The van der Waals surface area contributed by atoms with Gasteiger partial charge in [0.25, 0.3) is 0 Å². The number of nitrogens with one attached hydrogen (secondary N) is 1. The zero-order valence-corrected chi connectivity index (χ0v) is 8.17. The van der Waals surface area contributed by atoms with Crippen LogP contribution in [0.25, 0.3) is 0 Å². The van der Waals surface area contributed by atoms with E-state index in [0.29, 0.717) is 6.54 Å². The van der Waals surface area contributed by atoms with Gasteiger partial charge in [-0.3, -0.25) is 4.98 Å². The highest BCUT2D eigenvalue weighted by molar-refractivity contribution is 5.21. The molecule has 0 spiro atoms. The molecule has 0 aromatic carbocycles. The summed E-state index contributed by atoms with van der Waals surface area (Å²) in [5.41, 5.74) is 3.30. The summed E-state index contributed by atoms with van der Waals surface area (Å²) in [6, 6.07) is 4.07. The number of aromatic nitrogens is 1. The van der Waals surface area contributed by atoms with Gasteiger partial charge in [-0.2, -0.15) is 0 Å². The van der Waals surface area contributed by atoms with Gasteiger partial charge >= 0.3 is 0 Å². The van der Waals surface area contributed by atoms with E-state index in [1.54, 1.807) is 0 Å². The minimum atomic E-state index is 0.179. The number of aliphatic hydroxyl groups is 1. The number of pyridine rings is 1. The molecule has 0 fully saturated rings. The van der Waals surface area contributed by atoms with E-state index in [0.717, 1.165) is 17.9 Å². The Morgan fingerprint density at radius 3 is 2.77 bits per heavy atom. The summed E-state index contributed by atoms with van der Waals surface area (Å²) in [5, 5.41) is 11.7. The number of rotatable bonds is 4. The van der Waals surface area contributed by atoms with Gasteiger partial charge in [0.05, 0.1) is 6.61 Å². The molecule has 3 heteroatoms. The normalized spacial score (nSPS) is 10.4. The second-order valence-electron chi connectivity index (χ2n) is 3.10. The fraction of sp³-hybridized carbons (Fsp3) is 0.500. The van der Waals surface area contributed by atoms with Crippen LogP contribution in [0, 0.1) is 13.8 Å². The van der Waals surface area contributed by atoms with Crippen LogP contribution in [0.3, 0.4) is 0 Å². The minimum absolute atomic E-state index is 0.179. The van der Waals surface area contributed by atoms with E-state index in [2.05, 4.69) is 16.4 Å². The first-order valence-electron chi connectivity index (χ1n) is 4.48. The highest BCUT2D eigenvalue weighted by Crippen LogP contribution is 2.05. The first kappa shape index (κ1) is 10.2. The summed E-state index contributed by atoms with van der Waals surface area (Å²) in [6.45, 7) is 5.58. The van der Waals surface area contributed by atoms with Crippen molar-refractivity contribution in [1.82, 2.24) is 10.3 Å². The van der Waals surface area contributed by atoms with Gasteiger partial charge in [0.15, 0.2) is 0 Å². The average Bonchev–Trinajstić information content (AvgIpc) is 2.09. The molecule has 1 aromatic rings. The molecule has 0 saturated heterocycles. The number of nitrogens with zero attached hydrogens (tertiary/aromatic N) is 1. The molecule has 0 aliphatic rings. The van der Waals surface area contributed by atoms with E-state index >= 15 is 0 Å². The second kappa shape index (κ2) is 4.94. The summed E-state index contributed by atoms with van der Waals surface area (Å²) in [6.07, 6.45) is 0. The lowest BCUT2D eigenvalue weighted by atomic mass is 10.2. The van der Waals surface area contributed by atoms with Crippen LogP contribution >= 0.6 is 0 Å². The van der Waals surface area contributed by atoms with Crippen molar-refractivity contribution in [3.8, 4) is 0 Å². The molecule has 0 unspecified atom stereocenters. The predicted octanol–water partition coefficient (Wildman–Crippen LogP) is 0.780. The van der Waals surface area contributed by atoms with Gasteiger partial charge < -0.3 is 10.4 Å². The van der Waals surface area contributed by atoms with Gasteiger partial charge in [0.1, 0.15) is 0 Å². The van der Waals surface area contributed by atoms with Gasteiger partial charge in [-0.05, 0) is 25.5 Å². The second-order valence-corrected chi connectivity index (χ2v) is 3.10. The Balaban J connectivity index is 2.56. The van der Waals surface area contributed by atoms with Crippen LogP contribution in [0.1, 0.15) is 17.0 Å². The van der Waals surface area contributed by atoms with Crippen molar-refractivity contribution < 1.29 is 5.11 Å². The average molecular weight is 180 g/mol. The first-order valence-corrected chi connectivity index (χ1v) is 4.48. The maximum Gasteiger partial charge on any atom is 0.0556 e. The van der Waals surface area contributed by atoms with Crippen LogP contribution < -0.4 is 5.32 Å². The maximum absolute atomic E-state index is 8.58. The number of aliphatic hydroxyl groups excluding tert-OH is 1. The van der Waals surface area contributed by atoms with Gasteiger partial charge in [-0.25, -0.2) is 0 Å². The maximum atomic E-state index is 8.58. The molecule has 1 rings (SSSR count). The molecular formula is C10H16N2O. The molecule has 0 bridgehead atoms. The molecule has 0 atom stereocenters. The number of aryl methyl sites for hydroxylation is 2. The molecule has 2 N–H and O–H groups in total. The smallest absolute Gasteiger partial charge is 0.0556 e. The highest BCUT2D eigenvalue weighted by Gasteiger charge is 1.98. The SMILES string of the molecule is Cc1ccc(CNCCO)c(C)n1. The quantitative estimate of drug-likeness (QED) is 0.673. The van der Waals surface area contributed by atoms with Gasteiger partial charge in [0.2, 0.25) is 0 Å². The van der Waals surface area contributed by atoms with E-state index < -0.39 is 0 Å². The van der Waals surface area contributed by atoms with Crippen molar-refractivity contribution >= 4 is 0 Å². The standard InChI is InChI=1S/C10H16N2O/c1-8-3-4-10(9(2)12-8)7-11-5-6-13/h3-4,11,13H,5-7H2,1-2H3. The Kier molecular flexibility index (Phi) is 3.86. The van der Waals surface area contributed by atoms with Crippen LogP contribution in [0.15, 0.2) is 12.1 Å². The zero-order valence-electron chi connectivity index (χ0n) is 8.17. The molecule has 0 aliphatic carbocycles. The molecule has 0 radical (unpaired) electrons. The molecule has 0 amide bonds. The van der Waals surface area contributed by atoms with Crippen LogP contribution in [-0.4, -0.2) is 23.2 Å². The van der Waals surface area contributed by atoms with Gasteiger partial charge in [-0.15, -0.1) is 0 Å². The van der Waals surface area contributed by atoms with E-state index in [1.807, 2.05) is 19.9 Å². The zero-order chi connectivity index (χ0) is 9.68. The minimum Gasteiger partial charge on any atom is -0.395 e. The Labute approximate surface area is 78.8 Å². The van der Waals surface area contributed by atoms with Crippen LogP contribution in [0.4, 0.5) is 0 Å². The molecular weight excluding hydrogens is 164 g/mol. The third-order valence-electron chi connectivity index (χ3n) is 1.94. The Morgan fingerprint density at radius 2 is 2.15 bits per heavy atom. The number of hydrogen-bond acceptors (Lipinski definition) is 3. The van der Waals surface area contributed by atoms with Gasteiger partial charge in [-0.1, -0.05) is 6.07 Å². The Bertz CT molecular complexity index is 274. The van der Waals surface area contributed by atoms with E-state index in [-0.39, 0.29) is 6.61 Å². The third kappa shape index (κ3) is 3.13. The van der Waals surface area contributed by atoms with E-state index in [9.17, 15) is 0 Å². The predicted molar refractivity (Wildman–Crippen MR) is 52.5 cm³/mol. The van der Waals surface area contributed by atoms with Crippen molar-refractivity contribution in [2.24, 2.45) is 0 Å². The van der Waals surface area contributed by atoms with Crippen LogP contribution in [0.5, 0.6) is 0 Å². The van der Waals surface area contributed by atoms with Crippen LogP contribution in [-0.2, 0) is 6.54 Å². The Morgan fingerprint density at radius 1 is 1.38 bits per heavy atom. The summed E-state index contributed by atoms with van der Waals surface area (Å²) >= 11 is 0. The van der Waals surface area contributed by atoms with Gasteiger partial charge in [0, 0.05) is 24.5 Å². The number of hydrogen-bond donors (Lipinski definition) is 2.